The van der Waals surface area contributed by atoms with Crippen LogP contribution in [0.1, 0.15) is 30.5 Å². The third kappa shape index (κ3) is 4.75. The summed E-state index contributed by atoms with van der Waals surface area (Å²) in [6, 6.07) is 21.2. The van der Waals surface area contributed by atoms with Crippen molar-refractivity contribution in [2.75, 3.05) is 18.9 Å². The minimum absolute atomic E-state index is 0.0730. The van der Waals surface area contributed by atoms with Crippen LogP contribution in [-0.2, 0) is 24.2 Å². The fourth-order valence-electron chi connectivity index (χ4n) is 3.62. The second kappa shape index (κ2) is 8.83. The number of likely N-dealkylation sites (N-methyl/N-ethyl adjacent to an activating group) is 1. The number of aryl methyl sites for hydroxylation is 2. The van der Waals surface area contributed by atoms with Crippen LogP contribution >= 0.6 is 0 Å². The molecule has 0 radical (unpaired) electrons. The maximum absolute atomic E-state index is 12.6. The number of anilines is 1. The third-order valence-electron chi connectivity index (χ3n) is 5.05. The minimum atomic E-state index is 0.0730. The van der Waals surface area contributed by atoms with E-state index in [2.05, 4.69) is 86.9 Å². The molecule has 0 aliphatic heterocycles. The average molecular weight is 362 g/mol. The van der Waals surface area contributed by atoms with Crippen LogP contribution in [0.4, 0.5) is 5.69 Å². The van der Waals surface area contributed by atoms with Crippen LogP contribution < -0.4 is 10.2 Å². The van der Waals surface area contributed by atoms with Gasteiger partial charge in [-0.25, -0.2) is 0 Å². The number of benzene rings is 3. The lowest BCUT2D eigenvalue weighted by atomic mass is 10.0. The lowest BCUT2D eigenvalue weighted by molar-refractivity contribution is -0.885. The van der Waals surface area contributed by atoms with Gasteiger partial charge in [0.2, 0.25) is 0 Å². The number of fused-ring (bicyclic) bond motifs is 1. The van der Waals surface area contributed by atoms with Gasteiger partial charge in [0.15, 0.2) is 6.54 Å². The number of amides is 1. The highest BCUT2D eigenvalue weighted by Gasteiger charge is 2.14. The summed E-state index contributed by atoms with van der Waals surface area (Å²) in [5, 5.41) is 5.66. The molecule has 0 aliphatic rings. The Kier molecular flexibility index (Phi) is 6.25. The molecule has 3 nitrogen and oxygen atoms in total. The van der Waals surface area contributed by atoms with Gasteiger partial charge in [-0.15, -0.1) is 0 Å². The van der Waals surface area contributed by atoms with Gasteiger partial charge >= 0.3 is 0 Å². The number of para-hydroxylation sites is 1. The van der Waals surface area contributed by atoms with Crippen molar-refractivity contribution >= 4 is 22.4 Å². The summed E-state index contributed by atoms with van der Waals surface area (Å²) in [4.78, 5) is 13.8. The predicted octanol–water partition coefficient (Wildman–Crippen LogP) is 3.62. The molecule has 0 heterocycles. The molecule has 3 aromatic rings. The van der Waals surface area contributed by atoms with E-state index in [1.165, 1.54) is 32.4 Å². The Morgan fingerprint density at radius 1 is 0.889 bits per heavy atom. The lowest BCUT2D eigenvalue weighted by Gasteiger charge is -2.17. The van der Waals surface area contributed by atoms with E-state index < -0.39 is 0 Å². The van der Waals surface area contributed by atoms with Gasteiger partial charge in [0.1, 0.15) is 6.54 Å². The molecular weight excluding hydrogens is 332 g/mol. The first-order chi connectivity index (χ1) is 13.1. The quantitative estimate of drug-likeness (QED) is 0.662. The van der Waals surface area contributed by atoms with Crippen LogP contribution in [0.3, 0.4) is 0 Å². The maximum atomic E-state index is 12.6. The molecule has 1 unspecified atom stereocenters. The fourth-order valence-corrected chi connectivity index (χ4v) is 3.62. The molecule has 1 amide bonds. The van der Waals surface area contributed by atoms with Crippen LogP contribution in [0.25, 0.3) is 10.8 Å². The van der Waals surface area contributed by atoms with Crippen molar-refractivity contribution in [1.29, 1.82) is 0 Å². The van der Waals surface area contributed by atoms with Crippen LogP contribution in [0.15, 0.2) is 60.7 Å². The number of hydrogen-bond acceptors (Lipinski definition) is 1. The molecule has 0 aliphatic carbocycles. The minimum Gasteiger partial charge on any atom is -0.326 e. The number of carbonyl (C=O) groups is 1. The highest BCUT2D eigenvalue weighted by Crippen LogP contribution is 2.22. The molecule has 0 saturated heterocycles. The Balaban J connectivity index is 1.65. The Morgan fingerprint density at radius 2 is 1.56 bits per heavy atom. The lowest BCUT2D eigenvalue weighted by Crippen LogP contribution is -3.08. The van der Waals surface area contributed by atoms with Gasteiger partial charge in [0.05, 0.1) is 7.05 Å². The topological polar surface area (TPSA) is 33.5 Å². The molecule has 0 fully saturated rings. The van der Waals surface area contributed by atoms with Crippen LogP contribution in [0.2, 0.25) is 0 Å². The molecule has 0 aromatic heterocycles. The summed E-state index contributed by atoms with van der Waals surface area (Å²) < 4.78 is 0. The van der Waals surface area contributed by atoms with E-state index in [9.17, 15) is 4.79 Å². The van der Waals surface area contributed by atoms with Crippen molar-refractivity contribution in [2.45, 2.75) is 33.2 Å². The monoisotopic (exact) mass is 361 g/mol. The van der Waals surface area contributed by atoms with E-state index in [-0.39, 0.29) is 5.91 Å². The van der Waals surface area contributed by atoms with Crippen molar-refractivity contribution in [3.8, 4) is 0 Å². The van der Waals surface area contributed by atoms with Crippen molar-refractivity contribution in [3.05, 3.63) is 77.4 Å². The van der Waals surface area contributed by atoms with Crippen LogP contribution in [0, 0.1) is 0 Å². The van der Waals surface area contributed by atoms with Gasteiger partial charge in [-0.2, -0.15) is 0 Å². The van der Waals surface area contributed by atoms with Crippen molar-refractivity contribution in [1.82, 2.24) is 0 Å². The number of rotatable bonds is 7. The molecule has 1 atom stereocenters. The van der Waals surface area contributed by atoms with Gasteiger partial charge in [0.25, 0.3) is 5.91 Å². The molecule has 2 N–H and O–H groups in total. The van der Waals surface area contributed by atoms with E-state index in [4.69, 9.17) is 0 Å². The predicted molar refractivity (Wildman–Crippen MR) is 113 cm³/mol. The summed E-state index contributed by atoms with van der Waals surface area (Å²) in [7, 11) is 2.07. The first-order valence-corrected chi connectivity index (χ1v) is 9.80. The highest BCUT2D eigenvalue weighted by atomic mass is 16.2. The number of nitrogens with one attached hydrogen (secondary N) is 2. The highest BCUT2D eigenvalue weighted by molar-refractivity contribution is 5.93. The first-order valence-electron chi connectivity index (χ1n) is 9.80. The SMILES string of the molecule is CCc1cccc(CC)c1NC(=O)C[NH+](C)Cc1ccc2ccccc2c1. The number of hydrogen-bond donors (Lipinski definition) is 2. The van der Waals surface area contributed by atoms with Gasteiger partial charge in [0, 0.05) is 11.3 Å². The van der Waals surface area contributed by atoms with Crippen LogP contribution in [-0.4, -0.2) is 19.5 Å². The second-order valence-electron chi connectivity index (χ2n) is 7.20. The van der Waals surface area contributed by atoms with Crippen molar-refractivity contribution in [3.63, 3.8) is 0 Å². The Labute approximate surface area is 162 Å². The zero-order valence-electron chi connectivity index (χ0n) is 16.5. The molecule has 140 valence electrons. The fraction of sp³-hybridized carbons (Fsp3) is 0.292. The third-order valence-corrected chi connectivity index (χ3v) is 5.05. The largest absolute Gasteiger partial charge is 0.326 e. The summed E-state index contributed by atoms with van der Waals surface area (Å²) in [6.45, 7) is 5.53. The van der Waals surface area contributed by atoms with Gasteiger partial charge in [-0.05, 0) is 40.8 Å². The molecule has 27 heavy (non-hydrogen) atoms. The van der Waals surface area contributed by atoms with E-state index in [1.807, 2.05) is 0 Å². The molecule has 3 heteroatoms. The van der Waals surface area contributed by atoms with Crippen molar-refractivity contribution < 1.29 is 9.69 Å². The standard InChI is InChI=1S/C24H28N2O/c1-4-19-11-8-12-20(5-2)24(19)25-23(27)17-26(3)16-18-13-14-21-9-6-7-10-22(21)15-18/h6-15H,4-5,16-17H2,1-3H3,(H,25,27)/p+1. The van der Waals surface area contributed by atoms with Crippen LogP contribution in [0.5, 0.6) is 0 Å². The summed E-state index contributed by atoms with van der Waals surface area (Å²) in [6.07, 6.45) is 1.84. The normalized spacial score (nSPS) is 12.1. The summed E-state index contributed by atoms with van der Waals surface area (Å²) in [5.74, 6) is 0.0730. The number of quaternary nitrogens is 1. The van der Waals surface area contributed by atoms with Gasteiger partial charge in [-0.1, -0.05) is 68.4 Å². The maximum Gasteiger partial charge on any atom is 0.279 e. The second-order valence-corrected chi connectivity index (χ2v) is 7.20. The van der Waals surface area contributed by atoms with E-state index in [0.717, 1.165) is 25.1 Å². The summed E-state index contributed by atoms with van der Waals surface area (Å²) >= 11 is 0. The number of carbonyl (C=O) groups excluding carboxylic acids is 1. The smallest absolute Gasteiger partial charge is 0.279 e. The molecule has 0 spiro atoms. The van der Waals surface area contributed by atoms with E-state index in [1.54, 1.807) is 0 Å². The van der Waals surface area contributed by atoms with E-state index in [0.29, 0.717) is 6.54 Å². The first kappa shape index (κ1) is 19.1. The molecule has 3 rings (SSSR count). The Hall–Kier alpha value is -2.65. The summed E-state index contributed by atoms with van der Waals surface area (Å²) in [5.41, 5.74) is 4.66. The molecule has 0 bridgehead atoms. The Morgan fingerprint density at radius 3 is 2.22 bits per heavy atom. The zero-order valence-corrected chi connectivity index (χ0v) is 16.5. The van der Waals surface area contributed by atoms with Gasteiger partial charge < -0.3 is 10.2 Å². The Bertz CT molecular complexity index is 910. The van der Waals surface area contributed by atoms with Gasteiger partial charge in [-0.3, -0.25) is 4.79 Å². The van der Waals surface area contributed by atoms with Crippen molar-refractivity contribution in [2.24, 2.45) is 0 Å². The molecule has 0 saturated carbocycles. The molecule has 3 aromatic carbocycles. The average Bonchev–Trinajstić information content (AvgIpc) is 2.67. The van der Waals surface area contributed by atoms with E-state index >= 15 is 0 Å². The zero-order chi connectivity index (χ0) is 19.2. The molecular formula is C24H29N2O+.